The highest BCUT2D eigenvalue weighted by Crippen LogP contribution is 2.30. The molecule has 0 saturated carbocycles. The fraction of sp³-hybridized carbons (Fsp3) is 0.727. The van der Waals surface area contributed by atoms with Gasteiger partial charge in [-0.05, 0) is 42.2 Å². The zero-order chi connectivity index (χ0) is 11.5. The first-order valence-electron chi connectivity index (χ1n) is 5.70. The average molecular weight is 288 g/mol. The lowest BCUT2D eigenvalue weighted by molar-refractivity contribution is -0.00837. The molecule has 4 nitrogen and oxygen atoms in total. The molecule has 0 radical (unpaired) electrons. The van der Waals surface area contributed by atoms with Crippen molar-refractivity contribution >= 4 is 15.9 Å². The molecule has 0 aromatic carbocycles. The van der Waals surface area contributed by atoms with Crippen molar-refractivity contribution in [2.45, 2.75) is 31.4 Å². The van der Waals surface area contributed by atoms with E-state index in [0.717, 1.165) is 23.2 Å². The van der Waals surface area contributed by atoms with E-state index in [2.05, 4.69) is 26.3 Å². The smallest absolute Gasteiger partial charge is 0.0785 e. The molecular weight excluding hydrogens is 270 g/mol. The molecule has 2 rings (SSSR count). The lowest BCUT2D eigenvalue weighted by Crippen LogP contribution is -2.35. The van der Waals surface area contributed by atoms with Gasteiger partial charge < -0.3 is 10.1 Å². The Labute approximate surface area is 104 Å². The molecule has 2 heterocycles. The Morgan fingerprint density at radius 2 is 2.44 bits per heavy atom. The van der Waals surface area contributed by atoms with Gasteiger partial charge in [0.15, 0.2) is 0 Å². The SMILES string of the molecule is CNC(c1c(Br)cnn1C)C1CCCCO1. The van der Waals surface area contributed by atoms with E-state index in [9.17, 15) is 0 Å². The van der Waals surface area contributed by atoms with Crippen LogP contribution < -0.4 is 5.32 Å². The third kappa shape index (κ3) is 2.31. The minimum absolute atomic E-state index is 0.210. The summed E-state index contributed by atoms with van der Waals surface area (Å²) in [4.78, 5) is 0. The summed E-state index contributed by atoms with van der Waals surface area (Å²) in [6.07, 6.45) is 5.63. The minimum Gasteiger partial charge on any atom is -0.376 e. The van der Waals surface area contributed by atoms with Gasteiger partial charge in [-0.25, -0.2) is 0 Å². The van der Waals surface area contributed by atoms with Gasteiger partial charge in [-0.3, -0.25) is 4.68 Å². The summed E-state index contributed by atoms with van der Waals surface area (Å²) < 4.78 is 8.79. The van der Waals surface area contributed by atoms with Crippen LogP contribution in [0, 0.1) is 0 Å². The van der Waals surface area contributed by atoms with Crippen molar-refractivity contribution < 1.29 is 4.74 Å². The first-order chi connectivity index (χ1) is 7.74. The molecule has 0 aliphatic carbocycles. The van der Waals surface area contributed by atoms with Crippen LogP contribution in [0.2, 0.25) is 0 Å². The van der Waals surface area contributed by atoms with Crippen molar-refractivity contribution in [2.75, 3.05) is 13.7 Å². The van der Waals surface area contributed by atoms with Crippen LogP contribution in [0.15, 0.2) is 10.7 Å². The van der Waals surface area contributed by atoms with E-state index in [1.807, 2.05) is 25.0 Å². The number of nitrogens with zero attached hydrogens (tertiary/aromatic N) is 2. The van der Waals surface area contributed by atoms with Gasteiger partial charge in [0, 0.05) is 13.7 Å². The number of hydrogen-bond donors (Lipinski definition) is 1. The molecule has 16 heavy (non-hydrogen) atoms. The van der Waals surface area contributed by atoms with Gasteiger partial charge >= 0.3 is 0 Å². The predicted octanol–water partition coefficient (Wildman–Crippen LogP) is 2.01. The van der Waals surface area contributed by atoms with Gasteiger partial charge in [-0.15, -0.1) is 0 Å². The quantitative estimate of drug-likeness (QED) is 0.924. The van der Waals surface area contributed by atoms with E-state index in [-0.39, 0.29) is 12.1 Å². The third-order valence-corrected chi connectivity index (χ3v) is 3.74. The van der Waals surface area contributed by atoms with E-state index >= 15 is 0 Å². The normalized spacial score (nSPS) is 23.3. The van der Waals surface area contributed by atoms with E-state index in [4.69, 9.17) is 4.74 Å². The van der Waals surface area contributed by atoms with Crippen LogP contribution in [-0.2, 0) is 11.8 Å². The molecule has 1 aliphatic rings. The van der Waals surface area contributed by atoms with Crippen molar-refractivity contribution in [3.63, 3.8) is 0 Å². The standard InChI is InChI=1S/C11H18BrN3O/c1-13-10(9-5-3-4-6-16-9)11-8(12)7-14-15(11)2/h7,9-10,13H,3-6H2,1-2H3. The largest absolute Gasteiger partial charge is 0.376 e. The molecule has 0 amide bonds. The number of ether oxygens (including phenoxy) is 1. The molecule has 1 aromatic rings. The summed E-state index contributed by atoms with van der Waals surface area (Å²) in [5, 5.41) is 7.59. The molecule has 1 aliphatic heterocycles. The number of nitrogens with one attached hydrogen (secondary N) is 1. The van der Waals surface area contributed by atoms with E-state index in [1.165, 1.54) is 12.8 Å². The number of halogens is 1. The fourth-order valence-electron chi connectivity index (χ4n) is 2.30. The second kappa shape index (κ2) is 5.29. The number of likely N-dealkylation sites (N-methyl/N-ethyl adjacent to an activating group) is 1. The highest BCUT2D eigenvalue weighted by Gasteiger charge is 2.28. The molecule has 0 spiro atoms. The summed E-state index contributed by atoms with van der Waals surface area (Å²) in [7, 11) is 3.94. The predicted molar refractivity (Wildman–Crippen MR) is 66.3 cm³/mol. The van der Waals surface area contributed by atoms with Crippen molar-refractivity contribution in [1.29, 1.82) is 0 Å². The van der Waals surface area contributed by atoms with Gasteiger partial charge in [0.25, 0.3) is 0 Å². The summed E-state index contributed by atoms with van der Waals surface area (Å²) in [6.45, 7) is 0.873. The van der Waals surface area contributed by atoms with E-state index in [0.29, 0.717) is 0 Å². The van der Waals surface area contributed by atoms with Gasteiger partial charge in [0.2, 0.25) is 0 Å². The lowest BCUT2D eigenvalue weighted by Gasteiger charge is -2.30. The summed E-state index contributed by atoms with van der Waals surface area (Å²) in [6, 6.07) is 0.210. The Morgan fingerprint density at radius 1 is 1.62 bits per heavy atom. The zero-order valence-electron chi connectivity index (χ0n) is 9.74. The van der Waals surface area contributed by atoms with Crippen LogP contribution in [0.3, 0.4) is 0 Å². The molecular formula is C11H18BrN3O. The van der Waals surface area contributed by atoms with E-state index < -0.39 is 0 Å². The molecule has 90 valence electrons. The molecule has 1 aromatic heterocycles. The molecule has 1 fully saturated rings. The van der Waals surface area contributed by atoms with Crippen LogP contribution in [-0.4, -0.2) is 29.5 Å². The molecule has 5 heteroatoms. The topological polar surface area (TPSA) is 39.1 Å². The number of rotatable bonds is 3. The first kappa shape index (κ1) is 12.1. The molecule has 1 saturated heterocycles. The number of aromatic nitrogens is 2. The number of hydrogen-bond acceptors (Lipinski definition) is 3. The molecule has 2 unspecified atom stereocenters. The zero-order valence-corrected chi connectivity index (χ0v) is 11.3. The third-order valence-electron chi connectivity index (χ3n) is 3.13. The van der Waals surface area contributed by atoms with Crippen LogP contribution in [0.5, 0.6) is 0 Å². The molecule has 0 bridgehead atoms. The second-order valence-electron chi connectivity index (χ2n) is 4.17. The second-order valence-corrected chi connectivity index (χ2v) is 5.03. The Bertz CT molecular complexity index is 327. The van der Waals surface area contributed by atoms with Crippen molar-refractivity contribution in [1.82, 2.24) is 15.1 Å². The van der Waals surface area contributed by atoms with Crippen LogP contribution in [0.25, 0.3) is 0 Å². The van der Waals surface area contributed by atoms with Crippen LogP contribution in [0.1, 0.15) is 31.0 Å². The Hall–Kier alpha value is -0.390. The number of aryl methyl sites for hydroxylation is 1. The molecule has 1 N–H and O–H groups in total. The molecule has 2 atom stereocenters. The van der Waals surface area contributed by atoms with Gasteiger partial charge in [-0.1, -0.05) is 0 Å². The monoisotopic (exact) mass is 287 g/mol. The van der Waals surface area contributed by atoms with Gasteiger partial charge in [0.1, 0.15) is 0 Å². The lowest BCUT2D eigenvalue weighted by atomic mass is 9.99. The highest BCUT2D eigenvalue weighted by molar-refractivity contribution is 9.10. The minimum atomic E-state index is 0.210. The summed E-state index contributed by atoms with van der Waals surface area (Å²) in [5.41, 5.74) is 1.16. The highest BCUT2D eigenvalue weighted by atomic mass is 79.9. The van der Waals surface area contributed by atoms with Crippen molar-refractivity contribution in [2.24, 2.45) is 7.05 Å². The van der Waals surface area contributed by atoms with Crippen LogP contribution >= 0.6 is 15.9 Å². The summed E-state index contributed by atoms with van der Waals surface area (Å²) in [5.74, 6) is 0. The van der Waals surface area contributed by atoms with E-state index in [1.54, 1.807) is 0 Å². The van der Waals surface area contributed by atoms with Crippen molar-refractivity contribution in [3.8, 4) is 0 Å². The average Bonchev–Trinajstić information content (AvgIpc) is 2.63. The van der Waals surface area contributed by atoms with Crippen molar-refractivity contribution in [3.05, 3.63) is 16.4 Å². The maximum absolute atomic E-state index is 5.84. The van der Waals surface area contributed by atoms with Crippen LogP contribution in [0.4, 0.5) is 0 Å². The maximum Gasteiger partial charge on any atom is 0.0785 e. The summed E-state index contributed by atoms with van der Waals surface area (Å²) >= 11 is 3.55. The van der Waals surface area contributed by atoms with Gasteiger partial charge in [-0.2, -0.15) is 5.10 Å². The Morgan fingerprint density at radius 3 is 2.94 bits per heavy atom. The first-order valence-corrected chi connectivity index (χ1v) is 6.49. The Kier molecular flexibility index (Phi) is 4.00. The maximum atomic E-state index is 5.84. The van der Waals surface area contributed by atoms with Gasteiger partial charge in [0.05, 0.1) is 28.5 Å². The fourth-order valence-corrected chi connectivity index (χ4v) is 2.89. The Balaban J connectivity index is 2.21.